The second kappa shape index (κ2) is 4.71. The molecule has 0 aliphatic carbocycles. The summed E-state index contributed by atoms with van der Waals surface area (Å²) in [6.07, 6.45) is 1.73. The summed E-state index contributed by atoms with van der Waals surface area (Å²) in [5.74, 6) is 1.22. The lowest BCUT2D eigenvalue weighted by Gasteiger charge is -2.08. The van der Waals surface area contributed by atoms with Crippen molar-refractivity contribution < 1.29 is 4.74 Å². The molecule has 4 rings (SSSR count). The highest BCUT2D eigenvalue weighted by Gasteiger charge is 2.12. The van der Waals surface area contributed by atoms with E-state index in [0.29, 0.717) is 27.4 Å². The molecule has 2 aromatic carbocycles. The van der Waals surface area contributed by atoms with Gasteiger partial charge in [0.1, 0.15) is 16.9 Å². The van der Waals surface area contributed by atoms with Crippen molar-refractivity contribution in [2.75, 3.05) is 0 Å². The van der Waals surface area contributed by atoms with Gasteiger partial charge in [-0.15, -0.1) is 11.3 Å². The number of benzene rings is 2. The van der Waals surface area contributed by atoms with Gasteiger partial charge in [-0.1, -0.05) is 24.3 Å². The van der Waals surface area contributed by atoms with E-state index in [9.17, 15) is 4.79 Å². The van der Waals surface area contributed by atoms with Gasteiger partial charge in [-0.2, -0.15) is 0 Å². The number of hydrogen-bond donors (Lipinski definition) is 0. The SMILES string of the molecule is O=c1c2c(Oc3ccccc3)cccc2nc2sccn12. The quantitative estimate of drug-likeness (QED) is 0.566. The molecule has 0 spiro atoms. The van der Waals surface area contributed by atoms with Crippen LogP contribution in [0.3, 0.4) is 0 Å². The highest BCUT2D eigenvalue weighted by atomic mass is 32.1. The maximum absolute atomic E-state index is 12.6. The van der Waals surface area contributed by atoms with Crippen LogP contribution in [-0.2, 0) is 0 Å². The normalized spacial score (nSPS) is 11.0. The minimum absolute atomic E-state index is 0.109. The molecule has 2 heterocycles. The zero-order chi connectivity index (χ0) is 14.2. The molecular formula is C16H10N2O2S. The summed E-state index contributed by atoms with van der Waals surface area (Å²) in [6.45, 7) is 0. The largest absolute Gasteiger partial charge is 0.456 e. The molecule has 0 N–H and O–H groups in total. The van der Waals surface area contributed by atoms with Gasteiger partial charge < -0.3 is 4.74 Å². The van der Waals surface area contributed by atoms with Crippen molar-refractivity contribution in [2.45, 2.75) is 0 Å². The minimum atomic E-state index is -0.109. The average molecular weight is 294 g/mol. The van der Waals surface area contributed by atoms with Crippen LogP contribution < -0.4 is 10.3 Å². The molecule has 0 saturated carbocycles. The van der Waals surface area contributed by atoms with E-state index in [0.717, 1.165) is 0 Å². The minimum Gasteiger partial charge on any atom is -0.456 e. The summed E-state index contributed by atoms with van der Waals surface area (Å²) in [7, 11) is 0. The predicted octanol–water partition coefficient (Wildman–Crippen LogP) is 3.70. The van der Waals surface area contributed by atoms with E-state index in [2.05, 4.69) is 4.98 Å². The molecule has 4 nitrogen and oxygen atoms in total. The van der Waals surface area contributed by atoms with Crippen LogP contribution in [0, 0.1) is 0 Å². The van der Waals surface area contributed by atoms with E-state index >= 15 is 0 Å². The first-order chi connectivity index (χ1) is 10.3. The fourth-order valence-corrected chi connectivity index (χ4v) is 2.97. The van der Waals surface area contributed by atoms with Gasteiger partial charge in [0, 0.05) is 11.6 Å². The monoisotopic (exact) mass is 294 g/mol. The third-order valence-electron chi connectivity index (χ3n) is 3.21. The highest BCUT2D eigenvalue weighted by Crippen LogP contribution is 2.27. The van der Waals surface area contributed by atoms with Gasteiger partial charge >= 0.3 is 0 Å². The Hall–Kier alpha value is -2.66. The van der Waals surface area contributed by atoms with Gasteiger partial charge in [0.15, 0.2) is 4.96 Å². The summed E-state index contributed by atoms with van der Waals surface area (Å²) in [4.78, 5) is 17.8. The first-order valence-corrected chi connectivity index (χ1v) is 7.32. The van der Waals surface area contributed by atoms with Gasteiger partial charge in [-0.05, 0) is 24.3 Å². The van der Waals surface area contributed by atoms with Crippen LogP contribution in [0.25, 0.3) is 15.9 Å². The molecule has 102 valence electrons. The van der Waals surface area contributed by atoms with Crippen molar-refractivity contribution >= 4 is 27.2 Å². The Kier molecular flexibility index (Phi) is 2.72. The van der Waals surface area contributed by atoms with E-state index in [1.165, 1.54) is 11.3 Å². The van der Waals surface area contributed by atoms with Gasteiger partial charge in [-0.25, -0.2) is 4.98 Å². The van der Waals surface area contributed by atoms with E-state index in [4.69, 9.17) is 4.74 Å². The van der Waals surface area contributed by atoms with E-state index in [1.807, 2.05) is 47.8 Å². The lowest BCUT2D eigenvalue weighted by molar-refractivity contribution is 0.488. The molecule has 0 atom stereocenters. The van der Waals surface area contributed by atoms with Crippen LogP contribution in [0.4, 0.5) is 0 Å². The van der Waals surface area contributed by atoms with Gasteiger partial charge in [0.05, 0.1) is 5.52 Å². The van der Waals surface area contributed by atoms with Crippen LogP contribution in [-0.4, -0.2) is 9.38 Å². The van der Waals surface area contributed by atoms with Gasteiger partial charge in [-0.3, -0.25) is 9.20 Å². The van der Waals surface area contributed by atoms with E-state index < -0.39 is 0 Å². The summed E-state index contributed by atoms with van der Waals surface area (Å²) < 4.78 is 7.39. The van der Waals surface area contributed by atoms with Gasteiger partial charge in [0.25, 0.3) is 5.56 Å². The summed E-state index contributed by atoms with van der Waals surface area (Å²) >= 11 is 1.44. The third-order valence-corrected chi connectivity index (χ3v) is 3.97. The molecule has 0 bridgehead atoms. The van der Waals surface area contributed by atoms with Crippen molar-refractivity contribution in [1.82, 2.24) is 9.38 Å². The first kappa shape index (κ1) is 12.1. The second-order valence-electron chi connectivity index (χ2n) is 4.54. The summed E-state index contributed by atoms with van der Waals surface area (Å²) in [5.41, 5.74) is 0.540. The third kappa shape index (κ3) is 1.98. The molecule has 0 aliphatic heterocycles. The summed E-state index contributed by atoms with van der Waals surface area (Å²) in [5, 5.41) is 2.35. The fourth-order valence-electron chi connectivity index (χ4n) is 2.26. The Balaban J connectivity index is 1.99. The van der Waals surface area contributed by atoms with Crippen molar-refractivity contribution in [1.29, 1.82) is 0 Å². The molecule has 5 heteroatoms. The van der Waals surface area contributed by atoms with Crippen LogP contribution in [0.15, 0.2) is 64.9 Å². The predicted molar refractivity (Wildman–Crippen MR) is 83.4 cm³/mol. The lowest BCUT2D eigenvalue weighted by atomic mass is 10.2. The Morgan fingerprint density at radius 2 is 1.90 bits per heavy atom. The van der Waals surface area contributed by atoms with Crippen molar-refractivity contribution in [2.24, 2.45) is 0 Å². The molecule has 0 radical (unpaired) electrons. The van der Waals surface area contributed by atoms with Crippen LogP contribution >= 0.6 is 11.3 Å². The standard InChI is InChI=1S/C16H10N2O2S/c19-15-14-12(17-16-18(15)9-10-21-16)7-4-8-13(14)20-11-5-2-1-3-6-11/h1-10H. The highest BCUT2D eigenvalue weighted by molar-refractivity contribution is 7.15. The summed E-state index contributed by atoms with van der Waals surface area (Å²) in [6, 6.07) is 14.9. The molecule has 4 aromatic rings. The Morgan fingerprint density at radius 3 is 2.76 bits per heavy atom. The van der Waals surface area contributed by atoms with Crippen LogP contribution in [0.2, 0.25) is 0 Å². The molecule has 0 fully saturated rings. The smallest absolute Gasteiger partial charge is 0.270 e. The average Bonchev–Trinajstić information content (AvgIpc) is 2.97. The molecule has 0 aliphatic rings. The number of aromatic nitrogens is 2. The topological polar surface area (TPSA) is 43.6 Å². The molecule has 0 saturated heterocycles. The Labute approximate surface area is 123 Å². The number of nitrogens with zero attached hydrogens (tertiary/aromatic N) is 2. The molecule has 21 heavy (non-hydrogen) atoms. The van der Waals surface area contributed by atoms with E-state index in [1.54, 1.807) is 16.7 Å². The van der Waals surface area contributed by atoms with Crippen molar-refractivity contribution in [3.63, 3.8) is 0 Å². The maximum atomic E-state index is 12.6. The number of fused-ring (bicyclic) bond motifs is 2. The van der Waals surface area contributed by atoms with E-state index in [-0.39, 0.29) is 5.56 Å². The van der Waals surface area contributed by atoms with Crippen LogP contribution in [0.5, 0.6) is 11.5 Å². The fraction of sp³-hybridized carbons (Fsp3) is 0. The number of para-hydroxylation sites is 1. The lowest BCUT2D eigenvalue weighted by Crippen LogP contribution is -2.13. The second-order valence-corrected chi connectivity index (χ2v) is 5.41. The molecule has 2 aromatic heterocycles. The zero-order valence-corrected chi connectivity index (χ0v) is 11.7. The zero-order valence-electron chi connectivity index (χ0n) is 10.9. The molecular weight excluding hydrogens is 284 g/mol. The molecule has 0 amide bonds. The van der Waals surface area contributed by atoms with Crippen LogP contribution in [0.1, 0.15) is 0 Å². The number of hydrogen-bond acceptors (Lipinski definition) is 4. The first-order valence-electron chi connectivity index (χ1n) is 6.44. The Bertz CT molecular complexity index is 989. The number of rotatable bonds is 2. The Morgan fingerprint density at radius 1 is 1.05 bits per heavy atom. The maximum Gasteiger partial charge on any atom is 0.270 e. The number of thiazole rings is 1. The molecule has 0 unspecified atom stereocenters. The van der Waals surface area contributed by atoms with Crippen molar-refractivity contribution in [3.05, 3.63) is 70.5 Å². The van der Waals surface area contributed by atoms with Crippen molar-refractivity contribution in [3.8, 4) is 11.5 Å². The number of ether oxygens (including phenoxy) is 1. The van der Waals surface area contributed by atoms with Gasteiger partial charge in [0.2, 0.25) is 0 Å².